The van der Waals surface area contributed by atoms with Gasteiger partial charge < -0.3 is 25.0 Å². The molecular weight excluding hydrogens is 474 g/mol. The summed E-state index contributed by atoms with van der Waals surface area (Å²) in [4.78, 5) is 52.1. The maximum absolute atomic E-state index is 13.4. The zero-order valence-electron chi connectivity index (χ0n) is 23.1. The number of alkyl carbamates (subject to hydrolysis) is 1. The molecule has 0 bridgehead atoms. The van der Waals surface area contributed by atoms with Crippen molar-refractivity contribution in [3.8, 4) is 0 Å². The highest BCUT2D eigenvalue weighted by Gasteiger charge is 2.31. The standard InChI is InChI=1S/C28H45N3O6/c1-6-8-9-10-11-15-20-31(23(32)21-30-27(35)37-28(3,4)5)25(22-16-13-12-14-17-22)26(34)29-19-18-24(33)36-7-2/h12-14,16-17,25H,6-11,15,18-21H2,1-5H3,(H,29,34)(H,30,35). The van der Waals surface area contributed by atoms with Gasteiger partial charge in [0.05, 0.1) is 13.0 Å². The van der Waals surface area contributed by atoms with E-state index in [-0.39, 0.29) is 26.1 Å². The van der Waals surface area contributed by atoms with Crippen molar-refractivity contribution in [2.24, 2.45) is 0 Å². The number of rotatable bonds is 16. The summed E-state index contributed by atoms with van der Waals surface area (Å²) in [6.07, 6.45) is 5.47. The van der Waals surface area contributed by atoms with Crippen molar-refractivity contribution < 1.29 is 28.7 Å². The smallest absolute Gasteiger partial charge is 0.408 e. The molecule has 3 amide bonds. The number of amides is 3. The van der Waals surface area contributed by atoms with E-state index < -0.39 is 35.5 Å². The van der Waals surface area contributed by atoms with Crippen molar-refractivity contribution >= 4 is 23.9 Å². The van der Waals surface area contributed by atoms with E-state index in [2.05, 4.69) is 17.6 Å². The van der Waals surface area contributed by atoms with E-state index in [9.17, 15) is 19.2 Å². The summed E-state index contributed by atoms with van der Waals surface area (Å²) < 4.78 is 10.2. The van der Waals surface area contributed by atoms with Gasteiger partial charge in [-0.3, -0.25) is 14.4 Å². The Bertz CT molecular complexity index is 838. The highest BCUT2D eigenvalue weighted by Crippen LogP contribution is 2.23. The molecule has 0 radical (unpaired) electrons. The van der Waals surface area contributed by atoms with Crippen LogP contribution in [0, 0.1) is 0 Å². The van der Waals surface area contributed by atoms with E-state index in [1.807, 2.05) is 6.07 Å². The maximum Gasteiger partial charge on any atom is 0.408 e. The van der Waals surface area contributed by atoms with Gasteiger partial charge in [-0.2, -0.15) is 0 Å². The number of unbranched alkanes of at least 4 members (excludes halogenated alkanes) is 5. The van der Waals surface area contributed by atoms with Crippen LogP contribution in [-0.2, 0) is 23.9 Å². The van der Waals surface area contributed by atoms with Crippen LogP contribution in [-0.4, -0.2) is 60.6 Å². The van der Waals surface area contributed by atoms with Gasteiger partial charge in [-0.1, -0.05) is 69.4 Å². The second-order valence-corrected chi connectivity index (χ2v) is 9.87. The molecule has 0 spiro atoms. The summed E-state index contributed by atoms with van der Waals surface area (Å²) in [5.74, 6) is -1.19. The van der Waals surface area contributed by atoms with E-state index in [0.717, 1.165) is 38.5 Å². The number of carbonyl (C=O) groups is 4. The first-order valence-electron chi connectivity index (χ1n) is 13.3. The third-order valence-corrected chi connectivity index (χ3v) is 5.46. The number of carbonyl (C=O) groups excluding carboxylic acids is 4. The van der Waals surface area contributed by atoms with Gasteiger partial charge in [0.1, 0.15) is 18.2 Å². The third kappa shape index (κ3) is 13.7. The first kappa shape index (κ1) is 31.9. The molecule has 1 aromatic rings. The number of nitrogens with zero attached hydrogens (tertiary/aromatic N) is 1. The van der Waals surface area contributed by atoms with Crippen molar-refractivity contribution in [2.75, 3.05) is 26.2 Å². The molecule has 208 valence electrons. The van der Waals surface area contributed by atoms with Crippen molar-refractivity contribution in [3.05, 3.63) is 35.9 Å². The molecular formula is C28H45N3O6. The fraction of sp³-hybridized carbons (Fsp3) is 0.643. The molecule has 1 unspecified atom stereocenters. The molecule has 0 aliphatic carbocycles. The number of ether oxygens (including phenoxy) is 2. The number of nitrogens with one attached hydrogen (secondary N) is 2. The lowest BCUT2D eigenvalue weighted by Crippen LogP contribution is -2.48. The average Bonchev–Trinajstić information content (AvgIpc) is 2.83. The summed E-state index contributed by atoms with van der Waals surface area (Å²) >= 11 is 0. The Morgan fingerprint density at radius 1 is 0.919 bits per heavy atom. The van der Waals surface area contributed by atoms with Gasteiger partial charge in [0.15, 0.2) is 0 Å². The molecule has 0 saturated heterocycles. The van der Waals surface area contributed by atoms with Gasteiger partial charge in [-0.05, 0) is 39.7 Å². The van der Waals surface area contributed by atoms with Crippen molar-refractivity contribution in [1.29, 1.82) is 0 Å². The molecule has 0 aromatic heterocycles. The maximum atomic E-state index is 13.4. The summed E-state index contributed by atoms with van der Waals surface area (Å²) in [5, 5.41) is 5.28. The fourth-order valence-corrected chi connectivity index (χ4v) is 3.75. The lowest BCUT2D eigenvalue weighted by Gasteiger charge is -2.32. The minimum atomic E-state index is -0.910. The number of hydrogen-bond acceptors (Lipinski definition) is 6. The van der Waals surface area contributed by atoms with Crippen molar-refractivity contribution in [3.63, 3.8) is 0 Å². The Kier molecular flexibility index (Phi) is 15.0. The summed E-state index contributed by atoms with van der Waals surface area (Å²) in [5.41, 5.74) is -0.0517. The van der Waals surface area contributed by atoms with Crippen LogP contribution in [0.5, 0.6) is 0 Å². The van der Waals surface area contributed by atoms with E-state index in [4.69, 9.17) is 9.47 Å². The summed E-state index contributed by atoms with van der Waals surface area (Å²) in [6.45, 7) is 9.51. The van der Waals surface area contributed by atoms with Gasteiger partial charge in [0.2, 0.25) is 11.8 Å². The van der Waals surface area contributed by atoms with E-state index in [1.54, 1.807) is 52.0 Å². The summed E-state index contributed by atoms with van der Waals surface area (Å²) in [6, 6.07) is 8.12. The molecule has 0 fully saturated rings. The number of hydrogen-bond donors (Lipinski definition) is 2. The molecule has 0 saturated carbocycles. The van der Waals surface area contributed by atoms with Crippen LogP contribution in [0.2, 0.25) is 0 Å². The molecule has 2 N–H and O–H groups in total. The van der Waals surface area contributed by atoms with Crippen LogP contribution < -0.4 is 10.6 Å². The number of esters is 1. The Morgan fingerprint density at radius 3 is 2.19 bits per heavy atom. The quantitative estimate of drug-likeness (QED) is 0.245. The lowest BCUT2D eigenvalue weighted by molar-refractivity contribution is -0.143. The van der Waals surface area contributed by atoms with E-state index >= 15 is 0 Å². The van der Waals surface area contributed by atoms with Crippen LogP contribution in [0.1, 0.15) is 91.2 Å². The third-order valence-electron chi connectivity index (χ3n) is 5.46. The predicted molar refractivity (Wildman–Crippen MR) is 143 cm³/mol. The normalized spacial score (nSPS) is 11.8. The molecule has 1 aromatic carbocycles. The molecule has 0 heterocycles. The zero-order valence-corrected chi connectivity index (χ0v) is 23.1. The molecule has 37 heavy (non-hydrogen) atoms. The highest BCUT2D eigenvalue weighted by atomic mass is 16.6. The first-order valence-corrected chi connectivity index (χ1v) is 13.3. The van der Waals surface area contributed by atoms with Crippen LogP contribution >= 0.6 is 0 Å². The monoisotopic (exact) mass is 519 g/mol. The van der Waals surface area contributed by atoms with Gasteiger partial charge in [0.25, 0.3) is 0 Å². The zero-order chi connectivity index (χ0) is 27.7. The molecule has 9 nitrogen and oxygen atoms in total. The molecule has 9 heteroatoms. The SMILES string of the molecule is CCCCCCCCN(C(=O)CNC(=O)OC(C)(C)C)C(C(=O)NCCC(=O)OCC)c1ccccc1. The molecule has 0 aliphatic heterocycles. The van der Waals surface area contributed by atoms with Crippen LogP contribution in [0.15, 0.2) is 30.3 Å². The van der Waals surface area contributed by atoms with Crippen molar-refractivity contribution in [2.45, 2.75) is 91.2 Å². The average molecular weight is 520 g/mol. The van der Waals surface area contributed by atoms with Gasteiger partial charge >= 0.3 is 12.1 Å². The Labute approximate surface area is 221 Å². The highest BCUT2D eigenvalue weighted by molar-refractivity contribution is 5.90. The second kappa shape index (κ2) is 17.4. The largest absolute Gasteiger partial charge is 0.466 e. The van der Waals surface area contributed by atoms with Gasteiger partial charge in [-0.25, -0.2) is 4.79 Å². The molecule has 0 aliphatic rings. The molecule has 1 atom stereocenters. The predicted octanol–water partition coefficient (Wildman–Crippen LogP) is 4.51. The van der Waals surface area contributed by atoms with E-state index in [1.165, 1.54) is 4.90 Å². The number of benzene rings is 1. The summed E-state index contributed by atoms with van der Waals surface area (Å²) in [7, 11) is 0. The minimum Gasteiger partial charge on any atom is -0.466 e. The van der Waals surface area contributed by atoms with Crippen LogP contribution in [0.4, 0.5) is 4.79 Å². The van der Waals surface area contributed by atoms with Gasteiger partial charge in [-0.15, -0.1) is 0 Å². The Hall–Kier alpha value is -3.10. The van der Waals surface area contributed by atoms with Crippen LogP contribution in [0.25, 0.3) is 0 Å². The topological polar surface area (TPSA) is 114 Å². The fourth-order valence-electron chi connectivity index (χ4n) is 3.75. The van der Waals surface area contributed by atoms with Crippen molar-refractivity contribution in [1.82, 2.24) is 15.5 Å². The van der Waals surface area contributed by atoms with Crippen LogP contribution in [0.3, 0.4) is 0 Å². The van der Waals surface area contributed by atoms with Gasteiger partial charge in [0, 0.05) is 13.1 Å². The lowest BCUT2D eigenvalue weighted by atomic mass is 10.0. The second-order valence-electron chi connectivity index (χ2n) is 9.87. The Morgan fingerprint density at radius 2 is 1.57 bits per heavy atom. The Balaban J connectivity index is 3.04. The molecule has 1 rings (SSSR count). The van der Waals surface area contributed by atoms with E-state index in [0.29, 0.717) is 12.1 Å². The minimum absolute atomic E-state index is 0.0344. The first-order chi connectivity index (χ1) is 17.6.